The first kappa shape index (κ1) is 9.72. The zero-order valence-electron chi connectivity index (χ0n) is 9.09. The van der Waals surface area contributed by atoms with Crippen molar-refractivity contribution in [3.05, 3.63) is 35.9 Å². The Morgan fingerprint density at radius 3 is 2.50 bits per heavy atom. The molecule has 14 heavy (non-hydrogen) atoms. The van der Waals surface area contributed by atoms with E-state index in [9.17, 15) is 0 Å². The maximum absolute atomic E-state index is 3.34. The van der Waals surface area contributed by atoms with Crippen molar-refractivity contribution >= 4 is 0 Å². The van der Waals surface area contributed by atoms with E-state index in [4.69, 9.17) is 0 Å². The van der Waals surface area contributed by atoms with Crippen LogP contribution in [0.5, 0.6) is 0 Å². The summed E-state index contributed by atoms with van der Waals surface area (Å²) in [7, 11) is 2.05. The first-order chi connectivity index (χ1) is 6.79. The quantitative estimate of drug-likeness (QED) is 0.770. The molecule has 1 aromatic carbocycles. The zero-order valence-corrected chi connectivity index (χ0v) is 9.09. The highest BCUT2D eigenvalue weighted by molar-refractivity contribution is 5.29. The molecule has 0 aliphatic heterocycles. The summed E-state index contributed by atoms with van der Waals surface area (Å²) in [4.78, 5) is 0. The minimum absolute atomic E-state index is 0.413. The number of rotatable bonds is 3. The van der Waals surface area contributed by atoms with E-state index in [2.05, 4.69) is 49.6 Å². The Morgan fingerprint density at radius 2 is 2.07 bits per heavy atom. The molecule has 1 aromatic rings. The second-order valence-electron chi connectivity index (χ2n) is 4.49. The van der Waals surface area contributed by atoms with Crippen LogP contribution in [0, 0.1) is 5.92 Å². The van der Waals surface area contributed by atoms with Crippen LogP contribution in [0.4, 0.5) is 0 Å². The van der Waals surface area contributed by atoms with Gasteiger partial charge in [0.1, 0.15) is 0 Å². The third-order valence-electron chi connectivity index (χ3n) is 3.81. The van der Waals surface area contributed by atoms with Crippen LogP contribution in [0.15, 0.2) is 30.3 Å². The lowest BCUT2D eigenvalue weighted by molar-refractivity contribution is 0.137. The smallest absolute Gasteiger partial charge is 0.0103 e. The van der Waals surface area contributed by atoms with Gasteiger partial charge in [-0.1, -0.05) is 37.3 Å². The van der Waals surface area contributed by atoms with Gasteiger partial charge in [0.05, 0.1) is 0 Å². The molecule has 0 bridgehead atoms. The normalized spacial score (nSPS) is 31.1. The van der Waals surface area contributed by atoms with Gasteiger partial charge in [0.2, 0.25) is 0 Å². The minimum atomic E-state index is 0.413. The van der Waals surface area contributed by atoms with Gasteiger partial charge in [0.25, 0.3) is 0 Å². The Balaban J connectivity index is 2.28. The van der Waals surface area contributed by atoms with E-state index < -0.39 is 0 Å². The first-order valence-corrected chi connectivity index (χ1v) is 5.50. The Hall–Kier alpha value is -0.820. The molecule has 0 heterocycles. The fourth-order valence-corrected chi connectivity index (χ4v) is 2.66. The van der Waals surface area contributed by atoms with E-state index in [1.165, 1.54) is 18.4 Å². The highest BCUT2D eigenvalue weighted by atomic mass is 14.8. The SMILES string of the molecule is CNCC1(c2ccccc2)CCC1C. The lowest BCUT2D eigenvalue weighted by atomic mass is 9.57. The van der Waals surface area contributed by atoms with Crippen LogP contribution in [-0.4, -0.2) is 13.6 Å². The van der Waals surface area contributed by atoms with Crippen molar-refractivity contribution in [2.75, 3.05) is 13.6 Å². The van der Waals surface area contributed by atoms with Crippen molar-refractivity contribution in [2.24, 2.45) is 5.92 Å². The second-order valence-corrected chi connectivity index (χ2v) is 4.49. The van der Waals surface area contributed by atoms with Gasteiger partial charge in [-0.15, -0.1) is 0 Å². The Labute approximate surface area is 86.5 Å². The van der Waals surface area contributed by atoms with Crippen LogP contribution in [0.25, 0.3) is 0 Å². The van der Waals surface area contributed by atoms with E-state index in [1.54, 1.807) is 0 Å². The molecular weight excluding hydrogens is 170 g/mol. The highest BCUT2D eigenvalue weighted by Gasteiger charge is 2.44. The highest BCUT2D eigenvalue weighted by Crippen LogP contribution is 2.47. The van der Waals surface area contributed by atoms with Crippen molar-refractivity contribution in [2.45, 2.75) is 25.2 Å². The van der Waals surface area contributed by atoms with Gasteiger partial charge in [-0.3, -0.25) is 0 Å². The van der Waals surface area contributed by atoms with Gasteiger partial charge in [-0.05, 0) is 31.4 Å². The summed E-state index contributed by atoms with van der Waals surface area (Å²) >= 11 is 0. The van der Waals surface area contributed by atoms with Crippen LogP contribution in [-0.2, 0) is 5.41 Å². The lowest BCUT2D eigenvalue weighted by Crippen LogP contribution is -2.49. The summed E-state index contributed by atoms with van der Waals surface area (Å²) < 4.78 is 0. The molecule has 1 fully saturated rings. The number of nitrogens with one attached hydrogen (secondary N) is 1. The number of benzene rings is 1. The van der Waals surface area contributed by atoms with Crippen molar-refractivity contribution in [1.29, 1.82) is 0 Å². The molecule has 2 atom stereocenters. The molecule has 0 aromatic heterocycles. The fourth-order valence-electron chi connectivity index (χ4n) is 2.66. The molecule has 0 spiro atoms. The molecule has 1 N–H and O–H groups in total. The molecule has 1 nitrogen and oxygen atoms in total. The predicted octanol–water partition coefficient (Wildman–Crippen LogP) is 2.57. The maximum Gasteiger partial charge on any atom is 0.0103 e. The van der Waals surface area contributed by atoms with Crippen molar-refractivity contribution in [1.82, 2.24) is 5.32 Å². The molecular formula is C13H19N. The third-order valence-corrected chi connectivity index (χ3v) is 3.81. The number of hydrogen-bond donors (Lipinski definition) is 1. The fraction of sp³-hybridized carbons (Fsp3) is 0.538. The van der Waals surface area contributed by atoms with Crippen LogP contribution in [0.2, 0.25) is 0 Å². The largest absolute Gasteiger partial charge is 0.319 e. The number of likely N-dealkylation sites (N-methyl/N-ethyl adjacent to an activating group) is 1. The van der Waals surface area contributed by atoms with Crippen LogP contribution in [0.1, 0.15) is 25.3 Å². The van der Waals surface area contributed by atoms with E-state index in [1.807, 2.05) is 0 Å². The molecule has 1 heteroatoms. The maximum atomic E-state index is 3.34. The molecule has 76 valence electrons. The molecule has 1 aliphatic carbocycles. The van der Waals surface area contributed by atoms with Gasteiger partial charge in [-0.25, -0.2) is 0 Å². The van der Waals surface area contributed by atoms with Gasteiger partial charge in [0.15, 0.2) is 0 Å². The topological polar surface area (TPSA) is 12.0 Å². The number of hydrogen-bond acceptors (Lipinski definition) is 1. The van der Waals surface area contributed by atoms with Gasteiger partial charge < -0.3 is 5.32 Å². The van der Waals surface area contributed by atoms with Crippen molar-refractivity contribution in [3.8, 4) is 0 Å². The molecule has 0 saturated heterocycles. The second kappa shape index (κ2) is 3.74. The van der Waals surface area contributed by atoms with Gasteiger partial charge in [-0.2, -0.15) is 0 Å². The van der Waals surface area contributed by atoms with Gasteiger partial charge >= 0.3 is 0 Å². The monoisotopic (exact) mass is 189 g/mol. The summed E-state index contributed by atoms with van der Waals surface area (Å²) in [6.45, 7) is 3.48. The molecule has 2 unspecified atom stereocenters. The summed E-state index contributed by atoms with van der Waals surface area (Å²) in [6, 6.07) is 10.9. The molecule has 1 saturated carbocycles. The van der Waals surface area contributed by atoms with E-state index in [0.717, 1.165) is 12.5 Å². The summed E-state index contributed by atoms with van der Waals surface area (Å²) in [6.07, 6.45) is 2.70. The van der Waals surface area contributed by atoms with Crippen molar-refractivity contribution in [3.63, 3.8) is 0 Å². The molecule has 0 radical (unpaired) electrons. The minimum Gasteiger partial charge on any atom is -0.319 e. The Kier molecular flexibility index (Phi) is 2.60. The van der Waals surface area contributed by atoms with Gasteiger partial charge in [0, 0.05) is 12.0 Å². The summed E-state index contributed by atoms with van der Waals surface area (Å²) in [5.74, 6) is 0.817. The lowest BCUT2D eigenvalue weighted by Gasteiger charge is -2.49. The van der Waals surface area contributed by atoms with E-state index >= 15 is 0 Å². The molecule has 0 amide bonds. The average molecular weight is 189 g/mol. The first-order valence-electron chi connectivity index (χ1n) is 5.50. The van der Waals surface area contributed by atoms with Crippen LogP contribution in [0.3, 0.4) is 0 Å². The van der Waals surface area contributed by atoms with Crippen LogP contribution >= 0.6 is 0 Å². The summed E-state index contributed by atoms with van der Waals surface area (Å²) in [5, 5.41) is 3.34. The summed E-state index contributed by atoms with van der Waals surface area (Å²) in [5.41, 5.74) is 1.92. The Bertz CT molecular complexity index is 293. The Morgan fingerprint density at radius 1 is 1.36 bits per heavy atom. The van der Waals surface area contributed by atoms with E-state index in [0.29, 0.717) is 5.41 Å². The molecule has 2 rings (SSSR count). The zero-order chi connectivity index (χ0) is 10.0. The van der Waals surface area contributed by atoms with Crippen molar-refractivity contribution < 1.29 is 0 Å². The molecule has 1 aliphatic rings. The standard InChI is InChI=1S/C13H19N/c1-11-8-9-13(11,10-14-2)12-6-4-3-5-7-12/h3-7,11,14H,8-10H2,1-2H3. The third kappa shape index (κ3) is 1.36. The van der Waals surface area contributed by atoms with Crippen LogP contribution < -0.4 is 5.32 Å². The van der Waals surface area contributed by atoms with E-state index in [-0.39, 0.29) is 0 Å². The predicted molar refractivity (Wildman–Crippen MR) is 60.4 cm³/mol. The average Bonchev–Trinajstić information content (AvgIpc) is 2.25.